The van der Waals surface area contributed by atoms with Gasteiger partial charge in [-0.05, 0) is 12.8 Å². The number of hydrogen-bond donors (Lipinski definition) is 8. The van der Waals surface area contributed by atoms with Gasteiger partial charge in [0.05, 0.1) is 25.6 Å². The molecule has 0 rings (SSSR count). The van der Waals surface area contributed by atoms with Crippen LogP contribution in [0.2, 0.25) is 0 Å². The van der Waals surface area contributed by atoms with Crippen molar-refractivity contribution in [2.24, 2.45) is 22.2 Å². The van der Waals surface area contributed by atoms with Gasteiger partial charge in [-0.2, -0.15) is 0 Å². The van der Waals surface area contributed by atoms with E-state index >= 15 is 0 Å². The van der Waals surface area contributed by atoms with Crippen LogP contribution in [0.1, 0.15) is 19.3 Å². The van der Waals surface area contributed by atoms with Gasteiger partial charge < -0.3 is 43.4 Å². The van der Waals surface area contributed by atoms with E-state index in [-0.39, 0.29) is 18.9 Å². The number of nitrogens with zero attached hydrogens (tertiary/aromatic N) is 1. The highest BCUT2D eigenvalue weighted by Crippen LogP contribution is 1.98. The number of aliphatic imine (C=N–C) groups is 1. The van der Waals surface area contributed by atoms with Crippen LogP contribution in [0.25, 0.3) is 0 Å². The zero-order chi connectivity index (χ0) is 21.7. The van der Waals surface area contributed by atoms with Gasteiger partial charge in [-0.15, -0.1) is 0 Å². The summed E-state index contributed by atoms with van der Waals surface area (Å²) in [5.41, 5.74) is 15.6. The van der Waals surface area contributed by atoms with E-state index < -0.39 is 61.3 Å². The van der Waals surface area contributed by atoms with Crippen molar-refractivity contribution in [3.8, 4) is 0 Å². The molecule has 0 spiro atoms. The van der Waals surface area contributed by atoms with Gasteiger partial charge in [-0.25, -0.2) is 4.79 Å². The predicted molar refractivity (Wildman–Crippen MR) is 95.7 cm³/mol. The fourth-order valence-corrected chi connectivity index (χ4v) is 1.83. The Morgan fingerprint density at radius 3 is 2.11 bits per heavy atom. The maximum Gasteiger partial charge on any atom is 0.326 e. The Labute approximate surface area is 159 Å². The smallest absolute Gasteiger partial charge is 0.326 e. The molecule has 0 heterocycles. The van der Waals surface area contributed by atoms with Gasteiger partial charge in [0.1, 0.15) is 6.04 Å². The minimum atomic E-state index is -1.32. The molecule has 11 N–H and O–H groups in total. The van der Waals surface area contributed by atoms with Gasteiger partial charge in [0.2, 0.25) is 17.7 Å². The lowest BCUT2D eigenvalue weighted by Crippen LogP contribution is -2.48. The first-order chi connectivity index (χ1) is 13.0. The van der Waals surface area contributed by atoms with Crippen molar-refractivity contribution in [3.63, 3.8) is 0 Å². The quantitative estimate of drug-likeness (QED) is 0.0832. The van der Waals surface area contributed by atoms with Gasteiger partial charge in [0.15, 0.2) is 5.96 Å². The molecule has 14 heteroatoms. The Morgan fingerprint density at radius 1 is 0.964 bits per heavy atom. The van der Waals surface area contributed by atoms with Crippen LogP contribution in [0, 0.1) is 0 Å². The van der Waals surface area contributed by atoms with Gasteiger partial charge in [-0.1, -0.05) is 0 Å². The van der Waals surface area contributed by atoms with Crippen LogP contribution in [0.4, 0.5) is 0 Å². The molecule has 158 valence electrons. The number of carbonyl (C=O) groups is 5. The molecule has 0 saturated heterocycles. The minimum Gasteiger partial charge on any atom is -0.481 e. The number of carbonyl (C=O) groups excluding carboxylic acids is 3. The van der Waals surface area contributed by atoms with E-state index in [0.29, 0.717) is 6.42 Å². The molecular weight excluding hydrogens is 378 g/mol. The number of rotatable bonds is 13. The van der Waals surface area contributed by atoms with E-state index in [1.807, 2.05) is 0 Å². The lowest BCUT2D eigenvalue weighted by atomic mass is 10.1. The van der Waals surface area contributed by atoms with Crippen molar-refractivity contribution in [2.45, 2.75) is 31.3 Å². The Kier molecular flexibility index (Phi) is 11.3. The molecule has 2 unspecified atom stereocenters. The predicted octanol–water partition coefficient (Wildman–Crippen LogP) is -4.36. The van der Waals surface area contributed by atoms with Crippen LogP contribution >= 0.6 is 0 Å². The zero-order valence-electron chi connectivity index (χ0n) is 15.0. The molecule has 3 amide bonds. The highest BCUT2D eigenvalue weighted by molar-refractivity contribution is 5.91. The van der Waals surface area contributed by atoms with E-state index in [0.717, 1.165) is 0 Å². The number of hydrogen-bond acceptors (Lipinski definition) is 7. The summed E-state index contributed by atoms with van der Waals surface area (Å²) >= 11 is 0. The number of amides is 3. The average molecular weight is 403 g/mol. The summed E-state index contributed by atoms with van der Waals surface area (Å²) in [6, 6.07) is -2.50. The van der Waals surface area contributed by atoms with Crippen molar-refractivity contribution >= 4 is 35.6 Å². The summed E-state index contributed by atoms with van der Waals surface area (Å²) in [7, 11) is 0. The van der Waals surface area contributed by atoms with Crippen molar-refractivity contribution in [3.05, 3.63) is 0 Å². The number of carboxylic acids is 2. The Morgan fingerprint density at radius 2 is 1.57 bits per heavy atom. The van der Waals surface area contributed by atoms with Gasteiger partial charge >= 0.3 is 11.9 Å². The number of nitrogens with one attached hydrogen (secondary N) is 3. The fourth-order valence-electron chi connectivity index (χ4n) is 1.83. The molecule has 28 heavy (non-hydrogen) atoms. The standard InChI is InChI=1S/C14H25N7O7/c15-7(4-11(24)25)12(26)20-5-9(22)19-6-10(23)21-8(13(27)28)2-1-3-18-14(16)17/h7-8H,1-6,15H2,(H,19,22)(H,20,26)(H,21,23)(H,24,25)(H,27,28)(H4,16,17,18). The summed E-state index contributed by atoms with van der Waals surface area (Å²) in [5, 5.41) is 24.1. The third kappa shape index (κ3) is 12.0. The van der Waals surface area contributed by atoms with E-state index in [9.17, 15) is 24.0 Å². The first-order valence-electron chi connectivity index (χ1n) is 8.12. The van der Waals surface area contributed by atoms with E-state index in [2.05, 4.69) is 20.9 Å². The lowest BCUT2D eigenvalue weighted by Gasteiger charge is -2.14. The molecule has 0 saturated carbocycles. The largest absolute Gasteiger partial charge is 0.481 e. The average Bonchev–Trinajstić information content (AvgIpc) is 2.59. The number of nitrogens with two attached hydrogens (primary N) is 3. The summed E-state index contributed by atoms with van der Waals surface area (Å²) < 4.78 is 0. The summed E-state index contributed by atoms with van der Waals surface area (Å²) in [4.78, 5) is 60.0. The Balaban J connectivity index is 4.23. The van der Waals surface area contributed by atoms with Crippen LogP contribution in [0.15, 0.2) is 4.99 Å². The zero-order valence-corrected chi connectivity index (χ0v) is 15.0. The Hall–Kier alpha value is -3.42. The molecule has 0 fully saturated rings. The number of aliphatic carboxylic acids is 2. The SMILES string of the molecule is NC(N)=NCCCC(NC(=O)CNC(=O)CNC(=O)C(N)CC(=O)O)C(=O)O. The molecule has 0 aromatic heterocycles. The van der Waals surface area contributed by atoms with E-state index in [4.69, 9.17) is 27.4 Å². The molecular formula is C14H25N7O7. The fraction of sp³-hybridized carbons (Fsp3) is 0.571. The highest BCUT2D eigenvalue weighted by atomic mass is 16.4. The van der Waals surface area contributed by atoms with Crippen molar-refractivity contribution in [1.82, 2.24) is 16.0 Å². The first kappa shape index (κ1) is 24.6. The molecule has 2 atom stereocenters. The topological polar surface area (TPSA) is 252 Å². The Bertz CT molecular complexity index is 619. The van der Waals surface area contributed by atoms with Crippen LogP contribution in [0.3, 0.4) is 0 Å². The second-order valence-electron chi connectivity index (χ2n) is 5.61. The maximum absolute atomic E-state index is 11.7. The first-order valence-corrected chi connectivity index (χ1v) is 8.12. The van der Waals surface area contributed by atoms with Crippen molar-refractivity contribution < 1.29 is 34.2 Å². The van der Waals surface area contributed by atoms with Gasteiger partial charge in [-0.3, -0.25) is 24.2 Å². The highest BCUT2D eigenvalue weighted by Gasteiger charge is 2.20. The second-order valence-corrected chi connectivity index (χ2v) is 5.61. The molecule has 14 nitrogen and oxygen atoms in total. The molecule has 0 aromatic rings. The van der Waals surface area contributed by atoms with E-state index in [1.165, 1.54) is 0 Å². The number of carboxylic acid groups (broad SMARTS) is 2. The summed E-state index contributed by atoms with van der Waals surface area (Å²) in [6.45, 7) is -0.851. The molecule has 0 aliphatic heterocycles. The molecule has 0 aliphatic carbocycles. The normalized spacial score (nSPS) is 12.2. The molecule has 0 aliphatic rings. The van der Waals surface area contributed by atoms with Crippen LogP contribution in [0.5, 0.6) is 0 Å². The van der Waals surface area contributed by atoms with Crippen molar-refractivity contribution in [2.75, 3.05) is 19.6 Å². The summed E-state index contributed by atoms with van der Waals surface area (Å²) in [6.07, 6.45) is -0.219. The van der Waals surface area contributed by atoms with Gasteiger partial charge in [0, 0.05) is 6.54 Å². The third-order valence-electron chi connectivity index (χ3n) is 3.18. The monoisotopic (exact) mass is 403 g/mol. The van der Waals surface area contributed by atoms with E-state index in [1.54, 1.807) is 0 Å². The van der Waals surface area contributed by atoms with Crippen LogP contribution in [-0.4, -0.2) is 77.6 Å². The maximum atomic E-state index is 11.7. The molecule has 0 aromatic carbocycles. The van der Waals surface area contributed by atoms with Crippen LogP contribution < -0.4 is 33.2 Å². The summed E-state index contributed by atoms with van der Waals surface area (Å²) in [5.74, 6) is -5.00. The molecule has 0 radical (unpaired) electrons. The van der Waals surface area contributed by atoms with Gasteiger partial charge in [0.25, 0.3) is 0 Å². The minimum absolute atomic E-state index is 0.0727. The lowest BCUT2D eigenvalue weighted by molar-refractivity contribution is -0.142. The number of guanidine groups is 1. The second kappa shape index (κ2) is 12.9. The molecule has 0 bridgehead atoms. The third-order valence-corrected chi connectivity index (χ3v) is 3.18. The van der Waals surface area contributed by atoms with Crippen LogP contribution in [-0.2, 0) is 24.0 Å². The van der Waals surface area contributed by atoms with Crippen molar-refractivity contribution in [1.29, 1.82) is 0 Å².